The van der Waals surface area contributed by atoms with Gasteiger partial charge in [0.2, 0.25) is 5.01 Å². The summed E-state index contributed by atoms with van der Waals surface area (Å²) in [6.07, 6.45) is 2.73. The number of nitrogens with zero attached hydrogens (tertiary/aromatic N) is 4. The summed E-state index contributed by atoms with van der Waals surface area (Å²) < 4.78 is 0. The third-order valence-corrected chi connectivity index (χ3v) is 6.04. The molecule has 2 amide bonds. The molecule has 3 rings (SSSR count). The quantitative estimate of drug-likeness (QED) is 0.592. The molecule has 30 heavy (non-hydrogen) atoms. The van der Waals surface area contributed by atoms with Gasteiger partial charge in [-0.15, -0.1) is 10.2 Å². The average molecular weight is 431 g/mol. The lowest BCUT2D eigenvalue weighted by Crippen LogP contribution is -2.45. The maximum Gasteiger partial charge on any atom is 0.286 e. The van der Waals surface area contributed by atoms with Crippen molar-refractivity contribution < 1.29 is 9.59 Å². The number of benzene rings is 1. The Morgan fingerprint density at radius 1 is 1.07 bits per heavy atom. The third-order valence-electron chi connectivity index (χ3n) is 5.06. The lowest BCUT2D eigenvalue weighted by Gasteiger charge is -2.32. The molecule has 0 bridgehead atoms. The molecule has 1 aromatic carbocycles. The molecule has 1 aromatic heterocycles. The second kappa shape index (κ2) is 11.1. The standard InChI is InChI=1S/C21H30N6O2S/c1-3-5-18-24-25-21(30-18)20(29)23-17-8-6-16(7-9-17)19(28)22-10-4-11-27-14-12-26(2)13-15-27/h6-9H,3-5,10-15H2,1-2H3,(H,22,28)(H,23,29). The van der Waals surface area contributed by atoms with Gasteiger partial charge in [0.15, 0.2) is 0 Å². The molecule has 0 radical (unpaired) electrons. The number of likely N-dealkylation sites (N-methyl/N-ethyl adjacent to an activating group) is 1. The number of rotatable bonds is 9. The fourth-order valence-electron chi connectivity index (χ4n) is 3.23. The van der Waals surface area contributed by atoms with Crippen LogP contribution in [0.25, 0.3) is 0 Å². The van der Waals surface area contributed by atoms with Crippen LogP contribution in [0, 0.1) is 0 Å². The van der Waals surface area contributed by atoms with Crippen molar-refractivity contribution in [1.29, 1.82) is 0 Å². The van der Waals surface area contributed by atoms with Crippen molar-refractivity contribution in [1.82, 2.24) is 25.3 Å². The highest BCUT2D eigenvalue weighted by atomic mass is 32.1. The van der Waals surface area contributed by atoms with Gasteiger partial charge in [0, 0.05) is 50.4 Å². The van der Waals surface area contributed by atoms with Gasteiger partial charge in [-0.3, -0.25) is 9.59 Å². The van der Waals surface area contributed by atoms with Crippen LogP contribution in [0.2, 0.25) is 0 Å². The van der Waals surface area contributed by atoms with Crippen molar-refractivity contribution in [3.05, 3.63) is 39.8 Å². The van der Waals surface area contributed by atoms with E-state index in [1.54, 1.807) is 24.3 Å². The van der Waals surface area contributed by atoms with Gasteiger partial charge in [-0.1, -0.05) is 18.3 Å². The van der Waals surface area contributed by atoms with Crippen LogP contribution in [0.15, 0.2) is 24.3 Å². The van der Waals surface area contributed by atoms with E-state index in [1.807, 2.05) is 0 Å². The average Bonchev–Trinajstić information content (AvgIpc) is 3.22. The van der Waals surface area contributed by atoms with Gasteiger partial charge in [0.25, 0.3) is 11.8 Å². The van der Waals surface area contributed by atoms with Crippen molar-refractivity contribution in [2.45, 2.75) is 26.2 Å². The molecule has 1 aliphatic heterocycles. The highest BCUT2D eigenvalue weighted by Gasteiger charge is 2.14. The molecule has 0 saturated carbocycles. The first kappa shape index (κ1) is 22.3. The van der Waals surface area contributed by atoms with Crippen LogP contribution in [0.4, 0.5) is 5.69 Å². The minimum atomic E-state index is -0.282. The number of carbonyl (C=O) groups excluding carboxylic acids is 2. The van der Waals surface area contributed by atoms with Crippen molar-refractivity contribution >= 4 is 28.8 Å². The van der Waals surface area contributed by atoms with Crippen LogP contribution in [0.3, 0.4) is 0 Å². The Balaban J connectivity index is 1.40. The first-order chi connectivity index (χ1) is 14.5. The van der Waals surface area contributed by atoms with E-state index in [0.717, 1.165) is 57.0 Å². The zero-order chi connectivity index (χ0) is 21.3. The van der Waals surface area contributed by atoms with Gasteiger partial charge >= 0.3 is 0 Å². The number of hydrogen-bond donors (Lipinski definition) is 2. The molecular weight excluding hydrogens is 400 g/mol. The number of carbonyl (C=O) groups is 2. The number of aromatic nitrogens is 2. The van der Waals surface area contributed by atoms with Crippen LogP contribution in [0.1, 0.15) is 44.9 Å². The molecule has 0 atom stereocenters. The van der Waals surface area contributed by atoms with Crippen LogP contribution >= 0.6 is 11.3 Å². The van der Waals surface area contributed by atoms with E-state index in [2.05, 4.69) is 44.6 Å². The van der Waals surface area contributed by atoms with Crippen molar-refractivity contribution in [2.75, 3.05) is 51.6 Å². The number of amides is 2. The zero-order valence-electron chi connectivity index (χ0n) is 17.7. The molecule has 0 spiro atoms. The van der Waals surface area contributed by atoms with E-state index in [-0.39, 0.29) is 11.8 Å². The van der Waals surface area contributed by atoms with Crippen molar-refractivity contribution in [3.63, 3.8) is 0 Å². The molecule has 162 valence electrons. The Morgan fingerprint density at radius 3 is 2.50 bits per heavy atom. The van der Waals surface area contributed by atoms with E-state index in [9.17, 15) is 9.59 Å². The van der Waals surface area contributed by atoms with Crippen LogP contribution < -0.4 is 10.6 Å². The van der Waals surface area contributed by atoms with Crippen LogP contribution in [-0.2, 0) is 6.42 Å². The summed E-state index contributed by atoms with van der Waals surface area (Å²) in [5, 5.41) is 14.9. The molecule has 0 aliphatic carbocycles. The maximum absolute atomic E-state index is 12.3. The Kier molecular flexibility index (Phi) is 8.30. The third kappa shape index (κ3) is 6.58. The number of anilines is 1. The Morgan fingerprint density at radius 2 is 1.80 bits per heavy atom. The van der Waals surface area contributed by atoms with Gasteiger partial charge < -0.3 is 20.4 Å². The summed E-state index contributed by atoms with van der Waals surface area (Å²) in [4.78, 5) is 29.4. The molecule has 9 heteroatoms. The molecule has 0 unspecified atom stereocenters. The van der Waals surface area contributed by atoms with E-state index in [4.69, 9.17) is 0 Å². The van der Waals surface area contributed by atoms with E-state index in [0.29, 0.717) is 22.8 Å². The molecule has 1 aliphatic rings. The highest BCUT2D eigenvalue weighted by Crippen LogP contribution is 2.15. The van der Waals surface area contributed by atoms with E-state index < -0.39 is 0 Å². The molecular formula is C21H30N6O2S. The Hall–Kier alpha value is -2.36. The zero-order valence-corrected chi connectivity index (χ0v) is 18.5. The first-order valence-corrected chi connectivity index (χ1v) is 11.3. The summed E-state index contributed by atoms with van der Waals surface area (Å²) in [6, 6.07) is 6.89. The number of hydrogen-bond acceptors (Lipinski definition) is 7. The first-order valence-electron chi connectivity index (χ1n) is 10.5. The summed E-state index contributed by atoms with van der Waals surface area (Å²) >= 11 is 1.31. The number of aryl methyl sites for hydroxylation is 1. The highest BCUT2D eigenvalue weighted by molar-refractivity contribution is 7.13. The summed E-state index contributed by atoms with van der Waals surface area (Å²) in [5.74, 6) is -0.379. The molecule has 2 aromatic rings. The van der Waals surface area contributed by atoms with Crippen molar-refractivity contribution in [2.24, 2.45) is 0 Å². The normalized spacial score (nSPS) is 15.1. The molecule has 1 saturated heterocycles. The number of piperazine rings is 1. The second-order valence-electron chi connectivity index (χ2n) is 7.54. The Labute approximate surface area is 181 Å². The van der Waals surface area contributed by atoms with E-state index >= 15 is 0 Å². The Bertz CT molecular complexity index is 830. The smallest absolute Gasteiger partial charge is 0.286 e. The second-order valence-corrected chi connectivity index (χ2v) is 8.60. The predicted molar refractivity (Wildman–Crippen MR) is 119 cm³/mol. The van der Waals surface area contributed by atoms with Gasteiger partial charge in [0.1, 0.15) is 5.01 Å². The van der Waals surface area contributed by atoms with Gasteiger partial charge in [-0.25, -0.2) is 0 Å². The maximum atomic E-state index is 12.3. The van der Waals surface area contributed by atoms with Crippen molar-refractivity contribution in [3.8, 4) is 0 Å². The summed E-state index contributed by atoms with van der Waals surface area (Å²) in [6.45, 7) is 8.11. The van der Waals surface area contributed by atoms with Crippen LogP contribution in [0.5, 0.6) is 0 Å². The SMILES string of the molecule is CCCc1nnc(C(=O)Nc2ccc(C(=O)NCCCN3CCN(C)CC3)cc2)s1. The molecule has 1 fully saturated rings. The lowest BCUT2D eigenvalue weighted by atomic mass is 10.2. The monoisotopic (exact) mass is 430 g/mol. The fraction of sp³-hybridized carbons (Fsp3) is 0.524. The van der Waals surface area contributed by atoms with Gasteiger partial charge in [-0.05, 0) is 50.7 Å². The van der Waals surface area contributed by atoms with Crippen LogP contribution in [-0.4, -0.2) is 78.1 Å². The summed E-state index contributed by atoms with van der Waals surface area (Å²) in [7, 11) is 2.15. The topological polar surface area (TPSA) is 90.5 Å². The summed E-state index contributed by atoms with van der Waals surface area (Å²) in [5.41, 5.74) is 1.20. The largest absolute Gasteiger partial charge is 0.352 e. The van der Waals surface area contributed by atoms with E-state index in [1.165, 1.54) is 11.3 Å². The van der Waals surface area contributed by atoms with Gasteiger partial charge in [-0.2, -0.15) is 0 Å². The fourth-order valence-corrected chi connectivity index (χ4v) is 4.06. The minimum Gasteiger partial charge on any atom is -0.352 e. The predicted octanol–water partition coefficient (Wildman–Crippen LogP) is 2.11. The molecule has 2 heterocycles. The molecule has 8 nitrogen and oxygen atoms in total. The van der Waals surface area contributed by atoms with Gasteiger partial charge in [0.05, 0.1) is 0 Å². The number of nitrogens with one attached hydrogen (secondary N) is 2. The lowest BCUT2D eigenvalue weighted by molar-refractivity contribution is 0.0949. The molecule has 2 N–H and O–H groups in total. The minimum absolute atomic E-state index is 0.0976.